The fourth-order valence-electron chi connectivity index (χ4n) is 2.28. The number of hydrogen-bond acceptors (Lipinski definition) is 4. The zero-order valence-electron chi connectivity index (χ0n) is 12.3. The lowest BCUT2D eigenvalue weighted by Crippen LogP contribution is -2.34. The summed E-state index contributed by atoms with van der Waals surface area (Å²) in [6, 6.07) is 4.22. The maximum absolute atomic E-state index is 11.2. The lowest BCUT2D eigenvalue weighted by atomic mass is 9.84. The van der Waals surface area contributed by atoms with Crippen LogP contribution >= 0.6 is 0 Å². The number of aliphatic carboxylic acids is 1. The third-order valence-electron chi connectivity index (χ3n) is 4.03. The first kappa shape index (κ1) is 14.7. The zero-order valence-corrected chi connectivity index (χ0v) is 12.3. The molecule has 0 saturated heterocycles. The number of carboxylic acid groups (broad SMARTS) is 1. The average Bonchev–Trinajstić information content (AvgIpc) is 3.18. The van der Waals surface area contributed by atoms with Gasteiger partial charge in [-0.3, -0.25) is 4.79 Å². The summed E-state index contributed by atoms with van der Waals surface area (Å²) in [5, 5.41) is 11.0. The minimum Gasteiger partial charge on any atom is -0.481 e. The van der Waals surface area contributed by atoms with E-state index in [-0.39, 0.29) is 0 Å². The number of hydrogen-bond donors (Lipinski definition) is 3. The fraction of sp³-hybridized carbons (Fsp3) is 0.533. The predicted octanol–water partition coefficient (Wildman–Crippen LogP) is 2.07. The van der Waals surface area contributed by atoms with Crippen molar-refractivity contribution < 1.29 is 9.90 Å². The predicted molar refractivity (Wildman–Crippen MR) is 80.4 cm³/mol. The standard InChI is InChI=1S/C15H23N3O2/c1-9-10(8-15(2,3)14(19)20)4-7-12(13(9)16)18(17)11-5-6-11/h4,7,11H,5-6,8,16-17H2,1-3H3,(H,19,20). The van der Waals surface area contributed by atoms with Crippen LogP contribution in [0.5, 0.6) is 0 Å². The molecule has 0 amide bonds. The molecular weight excluding hydrogens is 254 g/mol. The highest BCUT2D eigenvalue weighted by molar-refractivity contribution is 5.76. The van der Waals surface area contributed by atoms with Crippen LogP contribution in [-0.2, 0) is 11.2 Å². The molecule has 0 radical (unpaired) electrons. The van der Waals surface area contributed by atoms with E-state index in [1.807, 2.05) is 19.1 Å². The second kappa shape index (κ2) is 4.98. The molecule has 1 aliphatic rings. The molecule has 1 aromatic carbocycles. The first-order valence-electron chi connectivity index (χ1n) is 6.89. The number of carbonyl (C=O) groups is 1. The van der Waals surface area contributed by atoms with Crippen LogP contribution in [0.2, 0.25) is 0 Å². The van der Waals surface area contributed by atoms with Crippen molar-refractivity contribution in [3.63, 3.8) is 0 Å². The molecule has 110 valence electrons. The Kier molecular flexibility index (Phi) is 3.65. The molecule has 1 aliphatic carbocycles. The molecule has 1 fully saturated rings. The third kappa shape index (κ3) is 2.72. The summed E-state index contributed by atoms with van der Waals surface area (Å²) >= 11 is 0. The van der Waals surface area contributed by atoms with Crippen molar-refractivity contribution in [1.82, 2.24) is 0 Å². The Morgan fingerprint density at radius 1 is 1.45 bits per heavy atom. The van der Waals surface area contributed by atoms with Crippen molar-refractivity contribution in [3.8, 4) is 0 Å². The number of hydrazine groups is 1. The fourth-order valence-corrected chi connectivity index (χ4v) is 2.28. The van der Waals surface area contributed by atoms with E-state index in [4.69, 9.17) is 11.6 Å². The number of nitrogens with zero attached hydrogens (tertiary/aromatic N) is 1. The third-order valence-corrected chi connectivity index (χ3v) is 4.03. The number of anilines is 2. The van der Waals surface area contributed by atoms with Gasteiger partial charge in [0.2, 0.25) is 0 Å². The Balaban J connectivity index is 2.29. The van der Waals surface area contributed by atoms with Crippen molar-refractivity contribution in [3.05, 3.63) is 23.3 Å². The van der Waals surface area contributed by atoms with E-state index < -0.39 is 11.4 Å². The largest absolute Gasteiger partial charge is 0.481 e. The van der Waals surface area contributed by atoms with E-state index in [0.29, 0.717) is 18.2 Å². The average molecular weight is 277 g/mol. The van der Waals surface area contributed by atoms with E-state index in [1.165, 1.54) is 0 Å². The minimum atomic E-state index is -0.808. The summed E-state index contributed by atoms with van der Waals surface area (Å²) in [6.07, 6.45) is 2.65. The van der Waals surface area contributed by atoms with Gasteiger partial charge >= 0.3 is 5.97 Å². The molecule has 0 heterocycles. The van der Waals surface area contributed by atoms with E-state index >= 15 is 0 Å². The summed E-state index contributed by atoms with van der Waals surface area (Å²) in [4.78, 5) is 11.2. The van der Waals surface area contributed by atoms with E-state index in [9.17, 15) is 9.90 Å². The summed E-state index contributed by atoms with van der Waals surface area (Å²) in [7, 11) is 0. The van der Waals surface area contributed by atoms with Crippen LogP contribution in [0.25, 0.3) is 0 Å². The second-order valence-corrected chi connectivity index (χ2v) is 6.29. The van der Waals surface area contributed by atoms with Crippen LogP contribution in [0.4, 0.5) is 11.4 Å². The highest BCUT2D eigenvalue weighted by atomic mass is 16.4. The van der Waals surface area contributed by atoms with E-state index in [2.05, 4.69) is 0 Å². The highest BCUT2D eigenvalue weighted by Gasteiger charge is 2.31. The quantitative estimate of drug-likeness (QED) is 0.435. The maximum atomic E-state index is 11.2. The summed E-state index contributed by atoms with van der Waals surface area (Å²) in [5.41, 5.74) is 8.74. The smallest absolute Gasteiger partial charge is 0.309 e. The first-order valence-corrected chi connectivity index (χ1v) is 6.89. The SMILES string of the molecule is Cc1c(CC(C)(C)C(=O)O)ccc(N(N)C2CC2)c1N. The molecule has 0 bridgehead atoms. The molecule has 5 nitrogen and oxygen atoms in total. The number of benzene rings is 1. The van der Waals surface area contributed by atoms with E-state index in [0.717, 1.165) is 29.7 Å². The molecule has 5 heteroatoms. The first-order chi connectivity index (χ1) is 9.24. The lowest BCUT2D eigenvalue weighted by molar-refractivity contribution is -0.146. The van der Waals surface area contributed by atoms with Gasteiger partial charge in [-0.1, -0.05) is 6.07 Å². The van der Waals surface area contributed by atoms with Gasteiger partial charge in [-0.15, -0.1) is 0 Å². The van der Waals surface area contributed by atoms with E-state index in [1.54, 1.807) is 18.9 Å². The van der Waals surface area contributed by atoms with Crippen molar-refractivity contribution >= 4 is 17.3 Å². The Bertz CT molecular complexity index is 536. The molecule has 0 unspecified atom stereocenters. The molecule has 0 atom stereocenters. The van der Waals surface area contributed by atoms with Gasteiger partial charge < -0.3 is 15.8 Å². The minimum absolute atomic E-state index is 0.387. The van der Waals surface area contributed by atoms with Crippen LogP contribution in [0.15, 0.2) is 12.1 Å². The van der Waals surface area contributed by atoms with Crippen molar-refractivity contribution in [2.24, 2.45) is 11.3 Å². The van der Waals surface area contributed by atoms with Gasteiger partial charge in [0, 0.05) is 6.04 Å². The Morgan fingerprint density at radius 3 is 2.55 bits per heavy atom. The topological polar surface area (TPSA) is 92.6 Å². The normalized spacial score (nSPS) is 15.2. The molecule has 5 N–H and O–H groups in total. The zero-order chi connectivity index (χ0) is 15.1. The molecule has 1 saturated carbocycles. The maximum Gasteiger partial charge on any atom is 0.309 e. The molecular formula is C15H23N3O2. The monoisotopic (exact) mass is 277 g/mol. The van der Waals surface area contributed by atoms with Gasteiger partial charge in [0.25, 0.3) is 0 Å². The number of nitrogen functional groups attached to an aromatic ring is 1. The van der Waals surface area contributed by atoms with Gasteiger partial charge in [0.15, 0.2) is 0 Å². The Labute approximate surface area is 119 Å². The van der Waals surface area contributed by atoms with Crippen molar-refractivity contribution in [2.75, 3.05) is 10.7 Å². The summed E-state index contributed by atoms with van der Waals surface area (Å²) in [6.45, 7) is 5.36. The number of rotatable bonds is 5. The number of carboxylic acids is 1. The van der Waals surface area contributed by atoms with Gasteiger partial charge in [-0.05, 0) is 57.2 Å². The Morgan fingerprint density at radius 2 is 2.05 bits per heavy atom. The second-order valence-electron chi connectivity index (χ2n) is 6.29. The van der Waals surface area contributed by atoms with Crippen molar-refractivity contribution in [2.45, 2.75) is 46.1 Å². The number of nitrogens with two attached hydrogens (primary N) is 2. The van der Waals surface area contributed by atoms with Crippen LogP contribution in [-0.4, -0.2) is 17.1 Å². The molecule has 2 rings (SSSR count). The Hall–Kier alpha value is -1.75. The van der Waals surface area contributed by atoms with Gasteiger partial charge in [-0.2, -0.15) is 0 Å². The molecule has 1 aromatic rings. The van der Waals surface area contributed by atoms with Gasteiger partial charge in [-0.25, -0.2) is 5.84 Å². The molecule has 0 aromatic heterocycles. The molecule has 20 heavy (non-hydrogen) atoms. The molecule has 0 aliphatic heterocycles. The molecule has 0 spiro atoms. The van der Waals surface area contributed by atoms with Crippen molar-refractivity contribution in [1.29, 1.82) is 0 Å². The van der Waals surface area contributed by atoms with Crippen LogP contribution < -0.4 is 16.6 Å². The lowest BCUT2D eigenvalue weighted by Gasteiger charge is -2.25. The van der Waals surface area contributed by atoms with Gasteiger partial charge in [0.1, 0.15) is 0 Å². The summed E-state index contributed by atoms with van der Waals surface area (Å²) < 4.78 is 0. The van der Waals surface area contributed by atoms with Crippen LogP contribution in [0, 0.1) is 12.3 Å². The van der Waals surface area contributed by atoms with Gasteiger partial charge in [0.05, 0.1) is 16.8 Å². The summed E-state index contributed by atoms with van der Waals surface area (Å²) in [5.74, 6) is 5.25. The highest BCUT2D eigenvalue weighted by Crippen LogP contribution is 2.36. The van der Waals surface area contributed by atoms with Crippen LogP contribution in [0.3, 0.4) is 0 Å². The van der Waals surface area contributed by atoms with Crippen LogP contribution in [0.1, 0.15) is 37.8 Å².